The van der Waals surface area contributed by atoms with Crippen molar-refractivity contribution in [2.45, 2.75) is 83.0 Å². The molecule has 4 heteroatoms. The van der Waals surface area contributed by atoms with Gasteiger partial charge in [-0.2, -0.15) is 0 Å². The molecule has 0 heterocycles. The Bertz CT molecular complexity index is 1400. The van der Waals surface area contributed by atoms with Crippen molar-refractivity contribution in [3.63, 3.8) is 0 Å². The second-order valence-electron chi connectivity index (χ2n) is 12.0. The lowest BCUT2D eigenvalue weighted by molar-refractivity contribution is 0.0547. The quantitative estimate of drug-likeness (QED) is 0.165. The van der Waals surface area contributed by atoms with Crippen molar-refractivity contribution in [2.75, 3.05) is 40.1 Å². The molecule has 0 saturated heterocycles. The van der Waals surface area contributed by atoms with Gasteiger partial charge in [0, 0.05) is 17.9 Å². The van der Waals surface area contributed by atoms with Crippen LogP contribution in [0.2, 0.25) is 0 Å². The van der Waals surface area contributed by atoms with E-state index in [0.29, 0.717) is 32.3 Å². The Morgan fingerprint density at radius 3 is 1.47 bits per heavy atom. The van der Waals surface area contributed by atoms with Crippen molar-refractivity contribution < 1.29 is 18.9 Å². The average Bonchev–Trinajstić information content (AvgIpc) is 3.07. The van der Waals surface area contributed by atoms with E-state index in [0.717, 1.165) is 24.0 Å². The summed E-state index contributed by atoms with van der Waals surface area (Å²) in [7, 11) is 1.68. The van der Waals surface area contributed by atoms with Gasteiger partial charge in [-0.1, -0.05) is 99.2 Å². The maximum absolute atomic E-state index is 5.98. The highest BCUT2D eigenvalue weighted by atomic mass is 16.5. The van der Waals surface area contributed by atoms with Crippen molar-refractivity contribution in [3.8, 4) is 11.5 Å². The normalized spacial score (nSPS) is 16.1. The molecule has 230 valence electrons. The highest BCUT2D eigenvalue weighted by molar-refractivity contribution is 5.92. The summed E-state index contributed by atoms with van der Waals surface area (Å²) >= 11 is 0. The first kappa shape index (κ1) is 31.3. The number of benzene rings is 4. The number of methoxy groups -OCH3 is 1. The van der Waals surface area contributed by atoms with Crippen LogP contribution in [-0.4, -0.2) is 40.1 Å². The molecule has 4 nitrogen and oxygen atoms in total. The molecule has 0 radical (unpaired) electrons. The molecule has 0 atom stereocenters. The van der Waals surface area contributed by atoms with Gasteiger partial charge in [0.15, 0.2) is 0 Å². The Labute approximate surface area is 258 Å². The number of hydrogen-bond acceptors (Lipinski definition) is 4. The van der Waals surface area contributed by atoms with E-state index in [2.05, 4.69) is 72.8 Å². The van der Waals surface area contributed by atoms with E-state index in [1.165, 1.54) is 96.9 Å². The van der Waals surface area contributed by atoms with Gasteiger partial charge in [-0.05, 0) is 78.5 Å². The lowest BCUT2D eigenvalue weighted by Gasteiger charge is -2.24. The molecule has 4 aromatic carbocycles. The first-order chi connectivity index (χ1) is 21.3. The monoisotopic (exact) mass is 582 g/mol. The molecule has 0 amide bonds. The van der Waals surface area contributed by atoms with E-state index in [-0.39, 0.29) is 0 Å². The fourth-order valence-corrected chi connectivity index (χ4v) is 6.99. The van der Waals surface area contributed by atoms with E-state index in [4.69, 9.17) is 18.9 Å². The van der Waals surface area contributed by atoms with Crippen LogP contribution in [0, 0.1) is 0 Å². The standard InChI is InChI=1S/C21H28O3.C18H22O/c1-22-13-14-23-15-16-24-21-12-11-18(17-7-3-2-4-8-17)19-9-5-6-10-20(19)21;1-2-19-18-13-12-15(14-8-4-3-5-9-14)16-10-6-7-11-17(16)18/h5-6,9-12,17H,2-4,7-8,13-16H2,1H3;6-7,10-14H,2-5,8-9H2,1H3. The fraction of sp³-hybridized carbons (Fsp3) is 0.487. The molecule has 0 aromatic heterocycles. The zero-order chi connectivity index (χ0) is 29.7. The molecule has 2 aliphatic carbocycles. The summed E-state index contributed by atoms with van der Waals surface area (Å²) in [6.07, 6.45) is 13.6. The number of rotatable bonds is 11. The van der Waals surface area contributed by atoms with Gasteiger partial charge in [0.1, 0.15) is 18.1 Å². The summed E-state index contributed by atoms with van der Waals surface area (Å²) in [5, 5.41) is 5.23. The highest BCUT2D eigenvalue weighted by Crippen LogP contribution is 2.40. The first-order valence-corrected chi connectivity index (χ1v) is 16.7. The van der Waals surface area contributed by atoms with Crippen molar-refractivity contribution in [1.82, 2.24) is 0 Å². The molecule has 0 bridgehead atoms. The summed E-state index contributed by atoms with van der Waals surface area (Å²) in [6, 6.07) is 26.2. The van der Waals surface area contributed by atoms with Crippen molar-refractivity contribution in [2.24, 2.45) is 0 Å². The third-order valence-electron chi connectivity index (χ3n) is 9.14. The predicted molar refractivity (Wildman–Crippen MR) is 179 cm³/mol. The first-order valence-electron chi connectivity index (χ1n) is 16.7. The predicted octanol–water partition coefficient (Wildman–Crippen LogP) is 10.2. The molecule has 2 fully saturated rings. The van der Waals surface area contributed by atoms with Crippen LogP contribution in [0.1, 0.15) is 94.1 Å². The van der Waals surface area contributed by atoms with Crippen molar-refractivity contribution >= 4 is 21.5 Å². The largest absolute Gasteiger partial charge is 0.493 e. The van der Waals surface area contributed by atoms with Crippen LogP contribution >= 0.6 is 0 Å². The Morgan fingerprint density at radius 2 is 0.977 bits per heavy atom. The zero-order valence-corrected chi connectivity index (χ0v) is 26.3. The fourth-order valence-electron chi connectivity index (χ4n) is 6.99. The van der Waals surface area contributed by atoms with Crippen LogP contribution in [0.15, 0.2) is 72.8 Å². The maximum Gasteiger partial charge on any atom is 0.127 e. The second-order valence-corrected chi connectivity index (χ2v) is 12.0. The van der Waals surface area contributed by atoms with Gasteiger partial charge in [-0.3, -0.25) is 0 Å². The summed E-state index contributed by atoms with van der Waals surface area (Å²) in [6.45, 7) is 5.16. The van der Waals surface area contributed by atoms with E-state index >= 15 is 0 Å². The molecule has 6 rings (SSSR count). The third kappa shape index (κ3) is 8.31. The number of fused-ring (bicyclic) bond motifs is 2. The molecular formula is C39H50O4. The minimum Gasteiger partial charge on any atom is -0.493 e. The smallest absolute Gasteiger partial charge is 0.127 e. The minimum absolute atomic E-state index is 0.566. The van der Waals surface area contributed by atoms with Gasteiger partial charge < -0.3 is 18.9 Å². The molecule has 0 N–H and O–H groups in total. The molecule has 4 aromatic rings. The summed E-state index contributed by atoms with van der Waals surface area (Å²) in [5.41, 5.74) is 3.02. The van der Waals surface area contributed by atoms with E-state index in [1.54, 1.807) is 7.11 Å². The average molecular weight is 583 g/mol. The van der Waals surface area contributed by atoms with Crippen LogP contribution in [-0.2, 0) is 9.47 Å². The minimum atomic E-state index is 0.566. The van der Waals surface area contributed by atoms with E-state index in [9.17, 15) is 0 Å². The van der Waals surface area contributed by atoms with Gasteiger partial charge in [0.2, 0.25) is 0 Å². The zero-order valence-electron chi connectivity index (χ0n) is 26.3. The van der Waals surface area contributed by atoms with Crippen LogP contribution in [0.5, 0.6) is 11.5 Å². The van der Waals surface area contributed by atoms with Crippen LogP contribution in [0.4, 0.5) is 0 Å². The molecular weight excluding hydrogens is 532 g/mol. The van der Waals surface area contributed by atoms with Crippen LogP contribution < -0.4 is 9.47 Å². The van der Waals surface area contributed by atoms with E-state index in [1.807, 2.05) is 6.92 Å². The van der Waals surface area contributed by atoms with E-state index < -0.39 is 0 Å². The second kappa shape index (κ2) is 16.7. The Morgan fingerprint density at radius 1 is 0.512 bits per heavy atom. The lowest BCUT2D eigenvalue weighted by Crippen LogP contribution is -2.10. The van der Waals surface area contributed by atoms with Gasteiger partial charge >= 0.3 is 0 Å². The Kier molecular flexibility index (Phi) is 12.2. The summed E-state index contributed by atoms with van der Waals surface area (Å²) in [5.74, 6) is 3.43. The maximum atomic E-state index is 5.98. The summed E-state index contributed by atoms with van der Waals surface area (Å²) < 4.78 is 22.2. The van der Waals surface area contributed by atoms with Gasteiger partial charge in [-0.25, -0.2) is 0 Å². The van der Waals surface area contributed by atoms with Crippen LogP contribution in [0.3, 0.4) is 0 Å². The molecule has 0 unspecified atom stereocenters. The number of ether oxygens (including phenoxy) is 4. The highest BCUT2D eigenvalue weighted by Gasteiger charge is 2.20. The Hall–Kier alpha value is -3.08. The van der Waals surface area contributed by atoms with Crippen molar-refractivity contribution in [3.05, 3.63) is 83.9 Å². The molecule has 2 aliphatic rings. The topological polar surface area (TPSA) is 36.9 Å². The van der Waals surface area contributed by atoms with Crippen LogP contribution in [0.25, 0.3) is 21.5 Å². The SMILES string of the molecule is CCOc1ccc(C2CCCCC2)c2ccccc12.COCCOCCOc1ccc(C2CCCCC2)c2ccccc12. The lowest BCUT2D eigenvalue weighted by atomic mass is 9.82. The molecule has 0 spiro atoms. The van der Waals surface area contributed by atoms with Gasteiger partial charge in [0.25, 0.3) is 0 Å². The molecule has 0 aliphatic heterocycles. The van der Waals surface area contributed by atoms with Crippen molar-refractivity contribution in [1.29, 1.82) is 0 Å². The van der Waals surface area contributed by atoms with Gasteiger partial charge in [0.05, 0.1) is 26.4 Å². The van der Waals surface area contributed by atoms with Gasteiger partial charge in [-0.15, -0.1) is 0 Å². The summed E-state index contributed by atoms with van der Waals surface area (Å²) in [4.78, 5) is 0. The third-order valence-corrected chi connectivity index (χ3v) is 9.14. The molecule has 43 heavy (non-hydrogen) atoms. The Balaban J connectivity index is 0.000000176. The molecule has 2 saturated carbocycles. The number of hydrogen-bond donors (Lipinski definition) is 0.